The Labute approximate surface area is 163 Å². The molecule has 0 heterocycles. The van der Waals surface area contributed by atoms with Crippen molar-refractivity contribution in [2.24, 2.45) is 0 Å². The lowest BCUT2D eigenvalue weighted by molar-refractivity contribution is -0.112. The molecule has 27 heavy (non-hydrogen) atoms. The average molecular weight is 359 g/mol. The highest BCUT2D eigenvalue weighted by Crippen LogP contribution is 2.28. The molecule has 1 aliphatic carbocycles. The van der Waals surface area contributed by atoms with Crippen LogP contribution in [0, 0.1) is 0 Å². The van der Waals surface area contributed by atoms with Gasteiger partial charge in [-0.25, -0.2) is 0 Å². The number of carbonyl (C=O) groups excluding carboxylic acids is 1. The first kappa shape index (κ1) is 19.4. The van der Waals surface area contributed by atoms with Gasteiger partial charge in [0.2, 0.25) is 0 Å². The second kappa shape index (κ2) is 9.50. The van der Waals surface area contributed by atoms with E-state index in [0.717, 1.165) is 67.2 Å². The first-order valence-corrected chi connectivity index (χ1v) is 10.3. The number of Topliss-reactive ketones (excluding diaryl/α,β-unsaturated/α-hetero) is 1. The molecule has 0 aliphatic heterocycles. The van der Waals surface area contributed by atoms with E-state index >= 15 is 0 Å². The van der Waals surface area contributed by atoms with Crippen molar-refractivity contribution < 1.29 is 4.79 Å². The van der Waals surface area contributed by atoms with Crippen LogP contribution in [0.5, 0.6) is 0 Å². The topological polar surface area (TPSA) is 17.1 Å². The van der Waals surface area contributed by atoms with Gasteiger partial charge in [-0.05, 0) is 66.5 Å². The van der Waals surface area contributed by atoms with Crippen molar-refractivity contribution in [1.82, 2.24) is 0 Å². The van der Waals surface area contributed by atoms with Crippen LogP contribution in [0.15, 0.2) is 59.7 Å². The normalized spacial score (nSPS) is 17.6. The molecular formula is C26H30O. The molecule has 1 fully saturated rings. The van der Waals surface area contributed by atoms with Crippen LogP contribution in [0.4, 0.5) is 0 Å². The van der Waals surface area contributed by atoms with Gasteiger partial charge in [0.05, 0.1) is 0 Å². The summed E-state index contributed by atoms with van der Waals surface area (Å²) in [5, 5.41) is 0. The molecule has 0 unspecified atom stereocenters. The Morgan fingerprint density at radius 2 is 1.11 bits per heavy atom. The quantitative estimate of drug-likeness (QED) is 0.518. The molecule has 3 rings (SSSR count). The smallest absolute Gasteiger partial charge is 0.185 e. The van der Waals surface area contributed by atoms with Gasteiger partial charge in [-0.1, -0.05) is 75.2 Å². The molecule has 2 aromatic rings. The summed E-state index contributed by atoms with van der Waals surface area (Å²) in [5.41, 5.74) is 6.87. The van der Waals surface area contributed by atoms with Crippen molar-refractivity contribution in [3.05, 3.63) is 81.9 Å². The second-order valence-electron chi connectivity index (χ2n) is 7.50. The van der Waals surface area contributed by atoms with E-state index in [2.05, 4.69) is 74.5 Å². The fourth-order valence-corrected chi connectivity index (χ4v) is 3.72. The van der Waals surface area contributed by atoms with Crippen molar-refractivity contribution in [2.75, 3.05) is 0 Å². The first-order valence-electron chi connectivity index (χ1n) is 10.3. The van der Waals surface area contributed by atoms with Gasteiger partial charge in [0, 0.05) is 11.1 Å². The SMILES string of the molecule is CCCc1ccc(/C=C2/CCC/C(=C\c3ccc(CCC)cc3)C2=O)cc1. The zero-order valence-corrected chi connectivity index (χ0v) is 16.6. The molecule has 0 radical (unpaired) electrons. The molecule has 0 atom stereocenters. The summed E-state index contributed by atoms with van der Waals surface area (Å²) in [4.78, 5) is 12.9. The molecule has 1 nitrogen and oxygen atoms in total. The van der Waals surface area contributed by atoms with E-state index in [1.807, 2.05) is 0 Å². The molecule has 1 heteroatoms. The molecule has 0 spiro atoms. The Balaban J connectivity index is 1.76. The fourth-order valence-electron chi connectivity index (χ4n) is 3.72. The number of benzene rings is 2. The van der Waals surface area contributed by atoms with Gasteiger partial charge in [0.1, 0.15) is 0 Å². The van der Waals surface area contributed by atoms with Crippen LogP contribution >= 0.6 is 0 Å². The van der Waals surface area contributed by atoms with Crippen molar-refractivity contribution in [1.29, 1.82) is 0 Å². The monoisotopic (exact) mass is 358 g/mol. The largest absolute Gasteiger partial charge is 0.289 e. The summed E-state index contributed by atoms with van der Waals surface area (Å²) >= 11 is 0. The van der Waals surface area contributed by atoms with Gasteiger partial charge in [-0.2, -0.15) is 0 Å². The van der Waals surface area contributed by atoms with Gasteiger partial charge in [-0.15, -0.1) is 0 Å². The minimum Gasteiger partial charge on any atom is -0.289 e. The van der Waals surface area contributed by atoms with Crippen LogP contribution in [0.3, 0.4) is 0 Å². The van der Waals surface area contributed by atoms with E-state index in [9.17, 15) is 4.79 Å². The third-order valence-corrected chi connectivity index (χ3v) is 5.19. The highest BCUT2D eigenvalue weighted by atomic mass is 16.1. The minimum absolute atomic E-state index is 0.219. The summed E-state index contributed by atoms with van der Waals surface area (Å²) in [7, 11) is 0. The summed E-state index contributed by atoms with van der Waals surface area (Å²) in [5.74, 6) is 0.219. The zero-order valence-electron chi connectivity index (χ0n) is 16.6. The third-order valence-electron chi connectivity index (χ3n) is 5.19. The maximum atomic E-state index is 12.9. The molecule has 0 amide bonds. The Bertz CT molecular complexity index is 750. The third kappa shape index (κ3) is 5.29. The average Bonchev–Trinajstić information content (AvgIpc) is 2.68. The summed E-state index contributed by atoms with van der Waals surface area (Å²) in [6.45, 7) is 4.39. The molecule has 0 saturated heterocycles. The van der Waals surface area contributed by atoms with Crippen LogP contribution in [-0.4, -0.2) is 5.78 Å². The number of ketones is 1. The maximum Gasteiger partial charge on any atom is 0.185 e. The van der Waals surface area contributed by atoms with E-state index in [1.54, 1.807) is 0 Å². The predicted octanol–water partition coefficient (Wildman–Crippen LogP) is 6.81. The predicted molar refractivity (Wildman–Crippen MR) is 116 cm³/mol. The summed E-state index contributed by atoms with van der Waals surface area (Å²) < 4.78 is 0. The second-order valence-corrected chi connectivity index (χ2v) is 7.50. The lowest BCUT2D eigenvalue weighted by Crippen LogP contribution is -2.12. The van der Waals surface area contributed by atoms with Gasteiger partial charge in [0.25, 0.3) is 0 Å². The number of carbonyl (C=O) groups is 1. The molecule has 2 aromatic carbocycles. The van der Waals surface area contributed by atoms with E-state index in [4.69, 9.17) is 0 Å². The van der Waals surface area contributed by atoms with Crippen LogP contribution in [0.2, 0.25) is 0 Å². The van der Waals surface area contributed by atoms with Crippen LogP contribution in [0.1, 0.15) is 68.2 Å². The standard InChI is InChI=1S/C26H30O/c1-3-6-20-10-14-22(15-11-20)18-24-8-5-9-25(26(24)27)19-23-16-12-21(7-4-2)13-17-23/h10-19H,3-9H2,1-2H3/b24-18-,25-19+. The Kier molecular flexibility index (Phi) is 6.81. The maximum absolute atomic E-state index is 12.9. The molecule has 0 bridgehead atoms. The number of hydrogen-bond donors (Lipinski definition) is 0. The first-order chi connectivity index (χ1) is 13.2. The van der Waals surface area contributed by atoms with Crippen molar-refractivity contribution in [3.63, 3.8) is 0 Å². The molecule has 1 aliphatic rings. The van der Waals surface area contributed by atoms with E-state index < -0.39 is 0 Å². The molecular weight excluding hydrogens is 328 g/mol. The van der Waals surface area contributed by atoms with Crippen molar-refractivity contribution in [2.45, 2.75) is 58.8 Å². The van der Waals surface area contributed by atoms with Gasteiger partial charge >= 0.3 is 0 Å². The van der Waals surface area contributed by atoms with Crippen LogP contribution < -0.4 is 0 Å². The minimum atomic E-state index is 0.219. The zero-order chi connectivity index (χ0) is 19.1. The van der Waals surface area contributed by atoms with Crippen molar-refractivity contribution in [3.8, 4) is 0 Å². The number of aryl methyl sites for hydroxylation is 2. The van der Waals surface area contributed by atoms with E-state index in [1.165, 1.54) is 11.1 Å². The Morgan fingerprint density at radius 3 is 1.48 bits per heavy atom. The van der Waals surface area contributed by atoms with E-state index in [-0.39, 0.29) is 5.78 Å². The van der Waals surface area contributed by atoms with Crippen molar-refractivity contribution >= 4 is 17.9 Å². The van der Waals surface area contributed by atoms with Gasteiger partial charge in [-0.3, -0.25) is 4.79 Å². The molecule has 1 saturated carbocycles. The lowest BCUT2D eigenvalue weighted by Gasteiger charge is -2.16. The Morgan fingerprint density at radius 1 is 0.704 bits per heavy atom. The van der Waals surface area contributed by atoms with Crippen LogP contribution in [-0.2, 0) is 17.6 Å². The van der Waals surface area contributed by atoms with Gasteiger partial charge in [0.15, 0.2) is 5.78 Å². The summed E-state index contributed by atoms with van der Waals surface area (Å²) in [6.07, 6.45) is 11.5. The highest BCUT2D eigenvalue weighted by Gasteiger charge is 2.20. The molecule has 0 N–H and O–H groups in total. The number of allylic oxidation sites excluding steroid dienone is 2. The highest BCUT2D eigenvalue weighted by molar-refractivity contribution is 6.13. The fraction of sp³-hybridized carbons (Fsp3) is 0.346. The van der Waals surface area contributed by atoms with E-state index in [0.29, 0.717) is 0 Å². The lowest BCUT2D eigenvalue weighted by atomic mass is 9.86. The number of hydrogen-bond acceptors (Lipinski definition) is 1. The molecule has 140 valence electrons. The van der Waals surface area contributed by atoms with Gasteiger partial charge < -0.3 is 0 Å². The van der Waals surface area contributed by atoms with Crippen LogP contribution in [0.25, 0.3) is 12.2 Å². The number of rotatable bonds is 6. The summed E-state index contributed by atoms with van der Waals surface area (Å²) in [6, 6.07) is 17.3. The Hall–Kier alpha value is -2.41. The molecule has 0 aromatic heterocycles.